The third-order valence-corrected chi connectivity index (χ3v) is 3.73. The third-order valence-electron chi connectivity index (χ3n) is 3.73. The maximum Gasteiger partial charge on any atom is -0.109 e. The van der Waals surface area contributed by atoms with E-state index in [0.717, 1.165) is 12.2 Å². The van der Waals surface area contributed by atoms with E-state index in [1.54, 1.807) is 0 Å². The quantitative estimate of drug-likeness (QED) is 0.284. The van der Waals surface area contributed by atoms with E-state index in [9.17, 15) is 0 Å². The van der Waals surface area contributed by atoms with Gasteiger partial charge >= 0.3 is 37.6 Å². The Bertz CT molecular complexity index is 813. The normalized spacial score (nSPS) is 12.5. The monoisotopic (exact) mass is 419 g/mol. The van der Waals surface area contributed by atoms with Gasteiger partial charge in [-0.1, -0.05) is 66.3 Å². The number of ether oxygens (including phenoxy) is 1. The van der Waals surface area contributed by atoms with E-state index in [2.05, 4.69) is 89.3 Å². The van der Waals surface area contributed by atoms with E-state index in [0.29, 0.717) is 6.61 Å². The van der Waals surface area contributed by atoms with Crippen molar-refractivity contribution < 1.29 is 24.7 Å². The molecule has 1 nitrogen and oxygen atoms in total. The Balaban J connectivity index is 0.000000386. The fourth-order valence-electron chi connectivity index (χ4n) is 2.24. The maximum atomic E-state index is 5.87. The summed E-state index contributed by atoms with van der Waals surface area (Å²) >= 11 is 2.08. The minimum absolute atomic E-state index is 0.569. The SMILES string of the molecule is CC=C(C)C=C(COc1ccccc1)c1ccccc1.C[C](C)=[Ti+].[C-]1=CC=CC1. The first-order valence-corrected chi connectivity index (χ1v) is 10.6. The van der Waals surface area contributed by atoms with Gasteiger partial charge in [-0.2, -0.15) is 6.08 Å². The van der Waals surface area contributed by atoms with E-state index >= 15 is 0 Å². The fourth-order valence-corrected chi connectivity index (χ4v) is 2.24. The van der Waals surface area contributed by atoms with Crippen LogP contribution in [0.25, 0.3) is 5.57 Å². The van der Waals surface area contributed by atoms with E-state index in [1.165, 1.54) is 20.5 Å². The maximum absolute atomic E-state index is 5.87. The molecule has 0 unspecified atom stereocenters. The van der Waals surface area contributed by atoms with Crippen LogP contribution in [0.3, 0.4) is 0 Å². The van der Waals surface area contributed by atoms with Gasteiger partial charge in [0.25, 0.3) is 0 Å². The first kappa shape index (κ1) is 24.8. The molecule has 1 aliphatic rings. The summed E-state index contributed by atoms with van der Waals surface area (Å²) < 4.78 is 7.29. The second-order valence-corrected chi connectivity index (χ2v) is 8.23. The Hall–Kier alpha value is -2.22. The van der Waals surface area contributed by atoms with Crippen LogP contribution in [0.2, 0.25) is 0 Å². The molecule has 149 valence electrons. The molecule has 1 aliphatic carbocycles. The van der Waals surface area contributed by atoms with Crippen molar-refractivity contribution in [2.24, 2.45) is 0 Å². The van der Waals surface area contributed by atoms with Crippen LogP contribution in [0.1, 0.15) is 39.7 Å². The van der Waals surface area contributed by atoms with Gasteiger partial charge in [0.05, 0.1) is 0 Å². The Morgan fingerprint density at radius 2 is 1.59 bits per heavy atom. The minimum atomic E-state index is 0.569. The van der Waals surface area contributed by atoms with Crippen molar-refractivity contribution >= 4 is 9.38 Å². The summed E-state index contributed by atoms with van der Waals surface area (Å²) in [6.45, 7) is 8.89. The molecule has 2 heteroatoms. The minimum Gasteiger partial charge on any atom is -0.273 e. The van der Waals surface area contributed by atoms with Crippen molar-refractivity contribution in [2.75, 3.05) is 6.61 Å². The Morgan fingerprint density at radius 1 is 1.00 bits per heavy atom. The zero-order valence-electron chi connectivity index (χ0n) is 18.0. The second-order valence-electron chi connectivity index (χ2n) is 6.67. The van der Waals surface area contributed by atoms with Gasteiger partial charge < -0.3 is 4.74 Å². The van der Waals surface area contributed by atoms with Crippen LogP contribution in [0, 0.1) is 6.08 Å². The van der Waals surface area contributed by atoms with Crippen molar-refractivity contribution in [1.82, 2.24) is 0 Å². The summed E-state index contributed by atoms with van der Waals surface area (Å²) in [7, 11) is 0. The first-order valence-electron chi connectivity index (χ1n) is 9.83. The number of para-hydroxylation sites is 1. The summed E-state index contributed by atoms with van der Waals surface area (Å²) in [4.78, 5) is 0. The largest absolute Gasteiger partial charge is 0.273 e. The molecule has 2 aromatic carbocycles. The fraction of sp³-hybridized carbons (Fsp3) is 0.222. The van der Waals surface area contributed by atoms with Crippen LogP contribution >= 0.6 is 0 Å². The summed E-state index contributed by atoms with van der Waals surface area (Å²) in [5.41, 5.74) is 3.62. The van der Waals surface area contributed by atoms with E-state index in [1.807, 2.05) is 55.5 Å². The standard InChI is InChI=1S/C19H20O.C5H5.C3H6.Ti/c1-3-16(2)14-18(17-10-6-4-7-11-17)15-20-19-12-8-5-9-13-19;1-2-4-5-3-1;1-3-2;/h3-14H,15H2,1-2H3;1-3H,4H2;1-2H3;/q;-1;;+1. The van der Waals surface area contributed by atoms with Crippen molar-refractivity contribution in [1.29, 1.82) is 0 Å². The predicted octanol–water partition coefficient (Wildman–Crippen LogP) is 7.17. The molecule has 0 aliphatic heterocycles. The molecule has 29 heavy (non-hydrogen) atoms. The van der Waals surface area contributed by atoms with Gasteiger partial charge in [0.15, 0.2) is 0 Å². The molecule has 0 radical (unpaired) electrons. The van der Waals surface area contributed by atoms with Gasteiger partial charge in [-0.3, -0.25) is 6.08 Å². The zero-order valence-corrected chi connectivity index (χ0v) is 19.5. The van der Waals surface area contributed by atoms with E-state index in [-0.39, 0.29) is 0 Å². The summed E-state index contributed by atoms with van der Waals surface area (Å²) in [5, 5.41) is 0. The van der Waals surface area contributed by atoms with Crippen LogP contribution in [0.4, 0.5) is 0 Å². The zero-order chi connectivity index (χ0) is 21.3. The topological polar surface area (TPSA) is 9.23 Å². The van der Waals surface area contributed by atoms with Crippen LogP contribution in [0.5, 0.6) is 5.75 Å². The third kappa shape index (κ3) is 12.8. The average molecular weight is 419 g/mol. The molecule has 0 heterocycles. The molecule has 2 aromatic rings. The van der Waals surface area contributed by atoms with Crippen LogP contribution in [0.15, 0.2) is 96.6 Å². The van der Waals surface area contributed by atoms with Crippen molar-refractivity contribution in [3.8, 4) is 5.75 Å². The number of benzene rings is 2. The van der Waals surface area contributed by atoms with Crippen LogP contribution in [-0.2, 0) is 20.0 Å². The van der Waals surface area contributed by atoms with Gasteiger partial charge in [0, 0.05) is 0 Å². The molecule has 0 atom stereocenters. The van der Waals surface area contributed by atoms with Gasteiger partial charge in [-0.25, -0.2) is 12.2 Å². The molecule has 0 spiro atoms. The molecule has 0 N–H and O–H groups in total. The average Bonchev–Trinajstić information content (AvgIpc) is 3.32. The smallest absolute Gasteiger partial charge is 0.109 e. The molecular formula is C27H31OTi. The van der Waals surface area contributed by atoms with Crippen molar-refractivity contribution in [3.05, 3.63) is 108 Å². The van der Waals surface area contributed by atoms with Gasteiger partial charge in [0.2, 0.25) is 0 Å². The Labute approximate surface area is 188 Å². The first-order chi connectivity index (χ1) is 14.0. The molecular weight excluding hydrogens is 388 g/mol. The number of hydrogen-bond donors (Lipinski definition) is 0. The van der Waals surface area contributed by atoms with Gasteiger partial charge in [-0.05, 0) is 37.1 Å². The van der Waals surface area contributed by atoms with Crippen molar-refractivity contribution in [3.63, 3.8) is 0 Å². The molecule has 0 fully saturated rings. The number of hydrogen-bond acceptors (Lipinski definition) is 1. The number of allylic oxidation sites excluding steroid dienone is 7. The molecule has 0 saturated carbocycles. The Morgan fingerprint density at radius 3 is 2.03 bits per heavy atom. The molecule has 0 saturated heterocycles. The summed E-state index contributed by atoms with van der Waals surface area (Å²) in [6.07, 6.45) is 14.3. The molecule has 3 rings (SSSR count). The van der Waals surface area contributed by atoms with Gasteiger partial charge in [0.1, 0.15) is 12.4 Å². The number of rotatable bonds is 5. The van der Waals surface area contributed by atoms with Crippen molar-refractivity contribution in [2.45, 2.75) is 34.1 Å². The summed E-state index contributed by atoms with van der Waals surface area (Å²) in [5.74, 6) is 0.896. The van der Waals surface area contributed by atoms with Crippen LogP contribution < -0.4 is 4.74 Å². The second kappa shape index (κ2) is 15.7. The Kier molecular flexibility index (Phi) is 13.4. The predicted molar refractivity (Wildman–Crippen MR) is 124 cm³/mol. The van der Waals surface area contributed by atoms with Crippen LogP contribution in [-0.4, -0.2) is 10.4 Å². The van der Waals surface area contributed by atoms with Gasteiger partial charge in [-0.15, -0.1) is 6.42 Å². The molecule has 0 aromatic heterocycles. The molecule has 0 amide bonds. The molecule has 0 bridgehead atoms. The van der Waals surface area contributed by atoms with E-state index < -0.39 is 0 Å². The van der Waals surface area contributed by atoms with E-state index in [4.69, 9.17) is 4.74 Å². The summed E-state index contributed by atoms with van der Waals surface area (Å²) in [6, 6.07) is 20.3.